The summed E-state index contributed by atoms with van der Waals surface area (Å²) < 4.78 is 9.96. The standard InChI is InChI=1S/C12H22N2O4/c1-12(2,3)18-11(16)14-6-8(10(15)17-4)5-9(13)7-14/h8-9H,5-7,13H2,1-4H3/t8-,9+/m0/s1. The Morgan fingerprint density at radius 2 is 1.89 bits per heavy atom. The quantitative estimate of drug-likeness (QED) is 0.702. The van der Waals surface area contributed by atoms with Gasteiger partial charge in [0.15, 0.2) is 0 Å². The van der Waals surface area contributed by atoms with E-state index in [0.29, 0.717) is 19.5 Å². The van der Waals surface area contributed by atoms with Crippen molar-refractivity contribution in [3.8, 4) is 0 Å². The second-order valence-corrected chi connectivity index (χ2v) is 5.60. The predicted octanol–water partition coefficient (Wildman–Crippen LogP) is 0.744. The Hall–Kier alpha value is -1.30. The second kappa shape index (κ2) is 5.56. The molecule has 0 unspecified atom stereocenters. The lowest BCUT2D eigenvalue weighted by atomic mass is 9.95. The van der Waals surface area contributed by atoms with Crippen LogP contribution < -0.4 is 5.73 Å². The number of hydrogen-bond donors (Lipinski definition) is 1. The van der Waals surface area contributed by atoms with Crippen LogP contribution in [-0.4, -0.2) is 48.8 Å². The number of nitrogens with zero attached hydrogens (tertiary/aromatic N) is 1. The number of piperidine rings is 1. The number of hydrogen-bond acceptors (Lipinski definition) is 5. The van der Waals surface area contributed by atoms with Gasteiger partial charge in [0, 0.05) is 19.1 Å². The number of methoxy groups -OCH3 is 1. The monoisotopic (exact) mass is 258 g/mol. The van der Waals surface area contributed by atoms with Crippen molar-refractivity contribution in [3.63, 3.8) is 0 Å². The van der Waals surface area contributed by atoms with Crippen LogP contribution >= 0.6 is 0 Å². The first-order valence-electron chi connectivity index (χ1n) is 6.04. The molecule has 0 aromatic heterocycles. The summed E-state index contributed by atoms with van der Waals surface area (Å²) >= 11 is 0. The molecule has 1 fully saturated rings. The van der Waals surface area contributed by atoms with Gasteiger partial charge in [-0.3, -0.25) is 4.79 Å². The zero-order valence-corrected chi connectivity index (χ0v) is 11.4. The maximum absolute atomic E-state index is 11.9. The van der Waals surface area contributed by atoms with Gasteiger partial charge in [0.25, 0.3) is 0 Å². The first kappa shape index (κ1) is 14.8. The third kappa shape index (κ3) is 4.18. The molecule has 18 heavy (non-hydrogen) atoms. The number of esters is 1. The van der Waals surface area contributed by atoms with Gasteiger partial charge in [-0.05, 0) is 27.2 Å². The van der Waals surface area contributed by atoms with Gasteiger partial charge >= 0.3 is 12.1 Å². The summed E-state index contributed by atoms with van der Waals surface area (Å²) in [5, 5.41) is 0. The molecule has 0 saturated carbocycles. The van der Waals surface area contributed by atoms with E-state index in [0.717, 1.165) is 0 Å². The molecule has 0 aromatic carbocycles. The lowest BCUT2D eigenvalue weighted by Gasteiger charge is -2.35. The molecule has 0 radical (unpaired) electrons. The number of ether oxygens (including phenoxy) is 2. The molecule has 0 spiro atoms. The van der Waals surface area contributed by atoms with Crippen LogP contribution in [0.1, 0.15) is 27.2 Å². The minimum absolute atomic E-state index is 0.227. The van der Waals surface area contributed by atoms with E-state index in [1.54, 1.807) is 20.8 Å². The number of carbonyl (C=O) groups excluding carboxylic acids is 2. The summed E-state index contributed by atoms with van der Waals surface area (Å²) in [6, 6.07) is -0.227. The van der Waals surface area contributed by atoms with Gasteiger partial charge in [0.05, 0.1) is 13.0 Å². The highest BCUT2D eigenvalue weighted by atomic mass is 16.6. The number of amides is 1. The van der Waals surface area contributed by atoms with Crippen molar-refractivity contribution >= 4 is 12.1 Å². The fraction of sp³-hybridized carbons (Fsp3) is 0.833. The summed E-state index contributed by atoms with van der Waals surface area (Å²) in [4.78, 5) is 24.9. The fourth-order valence-corrected chi connectivity index (χ4v) is 1.95. The lowest BCUT2D eigenvalue weighted by molar-refractivity contribution is -0.147. The minimum Gasteiger partial charge on any atom is -0.469 e. The summed E-state index contributed by atoms with van der Waals surface area (Å²) in [7, 11) is 1.33. The Morgan fingerprint density at radius 3 is 2.39 bits per heavy atom. The molecule has 2 N–H and O–H groups in total. The summed E-state index contributed by atoms with van der Waals surface area (Å²) in [6.45, 7) is 6.10. The van der Waals surface area contributed by atoms with Gasteiger partial charge < -0.3 is 20.1 Å². The predicted molar refractivity (Wildman–Crippen MR) is 65.9 cm³/mol. The highest BCUT2D eigenvalue weighted by molar-refractivity contribution is 5.75. The van der Waals surface area contributed by atoms with E-state index in [1.165, 1.54) is 12.0 Å². The summed E-state index contributed by atoms with van der Waals surface area (Å²) in [5.74, 6) is -0.704. The molecule has 1 amide bonds. The molecular weight excluding hydrogens is 236 g/mol. The van der Waals surface area contributed by atoms with Crippen molar-refractivity contribution in [3.05, 3.63) is 0 Å². The van der Waals surface area contributed by atoms with E-state index >= 15 is 0 Å². The first-order chi connectivity index (χ1) is 8.23. The van der Waals surface area contributed by atoms with Crippen molar-refractivity contribution in [2.24, 2.45) is 11.7 Å². The van der Waals surface area contributed by atoms with E-state index in [2.05, 4.69) is 0 Å². The van der Waals surface area contributed by atoms with Gasteiger partial charge in [0.1, 0.15) is 5.60 Å². The molecule has 1 aliphatic heterocycles. The number of nitrogens with two attached hydrogens (primary N) is 1. The number of likely N-dealkylation sites (tertiary alicyclic amines) is 1. The van der Waals surface area contributed by atoms with Crippen LogP contribution in [0.25, 0.3) is 0 Å². The topological polar surface area (TPSA) is 81.9 Å². The van der Waals surface area contributed by atoms with Gasteiger partial charge in [-0.15, -0.1) is 0 Å². The Bertz CT molecular complexity index is 325. The molecule has 1 aliphatic rings. The Balaban J connectivity index is 2.66. The molecule has 1 heterocycles. The Morgan fingerprint density at radius 1 is 1.28 bits per heavy atom. The van der Waals surface area contributed by atoms with Crippen LogP contribution in [0.15, 0.2) is 0 Å². The SMILES string of the molecule is COC(=O)[C@H]1C[C@@H](N)CN(C(=O)OC(C)(C)C)C1. The minimum atomic E-state index is -0.556. The lowest BCUT2D eigenvalue weighted by Crippen LogP contribution is -2.52. The van der Waals surface area contributed by atoms with Crippen molar-refractivity contribution in [1.29, 1.82) is 0 Å². The second-order valence-electron chi connectivity index (χ2n) is 5.60. The summed E-state index contributed by atoms with van der Waals surface area (Å²) in [5.41, 5.74) is 5.30. The van der Waals surface area contributed by atoms with Gasteiger partial charge in [-0.1, -0.05) is 0 Å². The third-order valence-electron chi connectivity index (χ3n) is 2.67. The first-order valence-corrected chi connectivity index (χ1v) is 6.04. The van der Waals surface area contributed by atoms with Crippen molar-refractivity contribution in [2.45, 2.75) is 38.8 Å². The smallest absolute Gasteiger partial charge is 0.410 e. The van der Waals surface area contributed by atoms with E-state index < -0.39 is 11.7 Å². The van der Waals surface area contributed by atoms with Crippen LogP contribution in [0.5, 0.6) is 0 Å². The molecule has 6 heteroatoms. The third-order valence-corrected chi connectivity index (χ3v) is 2.67. The molecule has 0 bridgehead atoms. The molecular formula is C12H22N2O4. The van der Waals surface area contributed by atoms with Crippen LogP contribution in [0, 0.1) is 5.92 Å². The molecule has 1 rings (SSSR count). The molecule has 1 saturated heterocycles. The fourth-order valence-electron chi connectivity index (χ4n) is 1.95. The van der Waals surface area contributed by atoms with Crippen molar-refractivity contribution in [2.75, 3.05) is 20.2 Å². The van der Waals surface area contributed by atoms with Crippen LogP contribution in [0.4, 0.5) is 4.79 Å². The average Bonchev–Trinajstić information content (AvgIpc) is 2.24. The van der Waals surface area contributed by atoms with Crippen LogP contribution in [0.2, 0.25) is 0 Å². The van der Waals surface area contributed by atoms with Gasteiger partial charge in [0.2, 0.25) is 0 Å². The molecule has 2 atom stereocenters. The molecule has 0 aromatic rings. The zero-order valence-electron chi connectivity index (χ0n) is 11.4. The summed E-state index contributed by atoms with van der Waals surface area (Å²) in [6.07, 6.45) is 0.0953. The zero-order chi connectivity index (χ0) is 13.9. The van der Waals surface area contributed by atoms with E-state index in [-0.39, 0.29) is 17.9 Å². The Kier molecular flexibility index (Phi) is 4.56. The van der Waals surface area contributed by atoms with E-state index in [4.69, 9.17) is 15.2 Å². The maximum atomic E-state index is 11.9. The van der Waals surface area contributed by atoms with Crippen LogP contribution in [0.3, 0.4) is 0 Å². The number of rotatable bonds is 1. The molecule has 6 nitrogen and oxygen atoms in total. The van der Waals surface area contributed by atoms with Crippen molar-refractivity contribution < 1.29 is 19.1 Å². The molecule has 0 aliphatic carbocycles. The van der Waals surface area contributed by atoms with E-state index in [1.807, 2.05) is 0 Å². The van der Waals surface area contributed by atoms with Gasteiger partial charge in [-0.2, -0.15) is 0 Å². The highest BCUT2D eigenvalue weighted by Gasteiger charge is 2.34. The Labute approximate surface area is 107 Å². The average molecular weight is 258 g/mol. The van der Waals surface area contributed by atoms with E-state index in [9.17, 15) is 9.59 Å². The number of carbonyl (C=O) groups is 2. The normalized spacial score (nSPS) is 24.6. The van der Waals surface area contributed by atoms with Gasteiger partial charge in [-0.25, -0.2) is 4.79 Å². The highest BCUT2D eigenvalue weighted by Crippen LogP contribution is 2.19. The van der Waals surface area contributed by atoms with Crippen molar-refractivity contribution in [1.82, 2.24) is 4.90 Å². The van der Waals surface area contributed by atoms with Crippen LogP contribution in [-0.2, 0) is 14.3 Å². The largest absolute Gasteiger partial charge is 0.469 e. The maximum Gasteiger partial charge on any atom is 0.410 e. The molecule has 104 valence electrons.